The topological polar surface area (TPSA) is 79.4 Å². The lowest BCUT2D eigenvalue weighted by Crippen LogP contribution is -2.32. The van der Waals surface area contributed by atoms with Crippen LogP contribution in [-0.2, 0) is 0 Å². The van der Waals surface area contributed by atoms with E-state index in [1.54, 1.807) is 0 Å². The Morgan fingerprint density at radius 3 is 1.82 bits per heavy atom. The zero-order chi connectivity index (χ0) is 19.0. The van der Waals surface area contributed by atoms with Gasteiger partial charge < -0.3 is 5.73 Å². The number of aromatic nitrogens is 2. The van der Waals surface area contributed by atoms with E-state index in [1.807, 2.05) is 66.7 Å². The summed E-state index contributed by atoms with van der Waals surface area (Å²) >= 11 is 0. The Bertz CT molecular complexity index is 1270. The van der Waals surface area contributed by atoms with Crippen molar-refractivity contribution in [1.29, 1.82) is 0 Å². The Balaban J connectivity index is 1.95. The van der Waals surface area contributed by atoms with Gasteiger partial charge >= 0.3 is 0 Å². The maximum Gasteiger partial charge on any atom is 0.160 e. The SMILES string of the molecule is Nc1n[nH]c2c1=C(c1ccccc1)N=P(c1ccccc1)(c1ccccc1)N=2. The molecule has 0 amide bonds. The van der Waals surface area contributed by atoms with Gasteiger partial charge in [-0.25, -0.2) is 9.51 Å². The molecule has 1 aromatic heterocycles. The lowest BCUT2D eigenvalue weighted by atomic mass is 10.1. The first kappa shape index (κ1) is 16.7. The molecule has 0 unspecified atom stereocenters. The van der Waals surface area contributed by atoms with Crippen LogP contribution in [0.25, 0.3) is 5.70 Å². The second-order valence-corrected chi connectivity index (χ2v) is 9.15. The van der Waals surface area contributed by atoms with Gasteiger partial charge in [-0.2, -0.15) is 5.10 Å². The Morgan fingerprint density at radius 1 is 0.714 bits per heavy atom. The molecule has 0 aliphatic carbocycles. The highest BCUT2D eigenvalue weighted by atomic mass is 31.2. The number of nitrogens with one attached hydrogen (secondary N) is 1. The molecule has 3 aromatic carbocycles. The molecule has 5 nitrogen and oxygen atoms in total. The molecule has 0 atom stereocenters. The van der Waals surface area contributed by atoms with Crippen molar-refractivity contribution in [3.05, 3.63) is 107 Å². The van der Waals surface area contributed by atoms with Crippen molar-refractivity contribution in [3.8, 4) is 0 Å². The minimum Gasteiger partial charge on any atom is -0.382 e. The fourth-order valence-electron chi connectivity index (χ4n) is 3.46. The van der Waals surface area contributed by atoms with Gasteiger partial charge in [0.25, 0.3) is 0 Å². The van der Waals surface area contributed by atoms with Crippen molar-refractivity contribution in [1.82, 2.24) is 10.2 Å². The number of hydrogen-bond acceptors (Lipinski definition) is 4. The van der Waals surface area contributed by atoms with Crippen molar-refractivity contribution in [2.24, 2.45) is 9.51 Å². The third-order valence-electron chi connectivity index (χ3n) is 4.78. The second-order valence-electron chi connectivity index (χ2n) is 6.52. The highest BCUT2D eigenvalue weighted by Gasteiger charge is 2.28. The summed E-state index contributed by atoms with van der Waals surface area (Å²) in [5, 5.41) is 10.2. The smallest absolute Gasteiger partial charge is 0.160 e. The first-order valence-corrected chi connectivity index (χ1v) is 10.7. The molecule has 3 N–H and O–H groups in total. The van der Waals surface area contributed by atoms with Crippen molar-refractivity contribution < 1.29 is 0 Å². The van der Waals surface area contributed by atoms with E-state index in [1.165, 1.54) is 0 Å². The molecule has 5 rings (SSSR count). The zero-order valence-electron chi connectivity index (χ0n) is 15.0. The molecule has 6 heteroatoms. The van der Waals surface area contributed by atoms with Crippen LogP contribution >= 0.6 is 7.21 Å². The Kier molecular flexibility index (Phi) is 3.96. The van der Waals surface area contributed by atoms with E-state index in [9.17, 15) is 0 Å². The van der Waals surface area contributed by atoms with Crippen molar-refractivity contribution in [2.45, 2.75) is 0 Å². The largest absolute Gasteiger partial charge is 0.382 e. The quantitative estimate of drug-likeness (QED) is 0.533. The minimum absolute atomic E-state index is 0.417. The number of nitrogens with two attached hydrogens (primary N) is 1. The van der Waals surface area contributed by atoms with Crippen molar-refractivity contribution in [3.63, 3.8) is 0 Å². The molecule has 0 saturated carbocycles. The fourth-order valence-corrected chi connectivity index (χ4v) is 6.38. The molecule has 136 valence electrons. The molecule has 1 aliphatic heterocycles. The van der Waals surface area contributed by atoms with Crippen LogP contribution < -0.4 is 27.0 Å². The minimum atomic E-state index is -2.45. The highest BCUT2D eigenvalue weighted by Crippen LogP contribution is 2.51. The zero-order valence-corrected chi connectivity index (χ0v) is 15.9. The standard InChI is InChI=1S/C22H18N5P/c23-21-19-20(16-10-4-1-5-11-16)26-28(27-22(19)25-24-21,17-12-6-2-7-13-17)18-14-8-3-9-15-18/h1-15H,(H2,23,24)(H,25,27). The summed E-state index contributed by atoms with van der Waals surface area (Å²) in [5.74, 6) is 0.417. The van der Waals surface area contributed by atoms with E-state index in [0.717, 1.165) is 27.1 Å². The van der Waals surface area contributed by atoms with Crippen LogP contribution in [0.4, 0.5) is 5.82 Å². The summed E-state index contributed by atoms with van der Waals surface area (Å²) in [6.45, 7) is 0. The molecule has 0 bridgehead atoms. The third kappa shape index (κ3) is 2.60. The van der Waals surface area contributed by atoms with Crippen LogP contribution in [0.15, 0.2) is 101 Å². The predicted octanol–water partition coefficient (Wildman–Crippen LogP) is 2.55. The van der Waals surface area contributed by atoms with Gasteiger partial charge in [0, 0.05) is 16.2 Å². The molecular formula is C22H18N5P. The van der Waals surface area contributed by atoms with Crippen LogP contribution in [0.2, 0.25) is 0 Å². The molecular weight excluding hydrogens is 365 g/mol. The number of aromatic amines is 1. The number of benzene rings is 3. The molecule has 4 aromatic rings. The van der Waals surface area contributed by atoms with Crippen LogP contribution in [0.3, 0.4) is 0 Å². The summed E-state index contributed by atoms with van der Waals surface area (Å²) in [6.07, 6.45) is 0. The number of rotatable bonds is 3. The summed E-state index contributed by atoms with van der Waals surface area (Å²) in [7, 11) is -2.45. The lowest BCUT2D eigenvalue weighted by molar-refractivity contribution is 1.04. The van der Waals surface area contributed by atoms with Gasteiger partial charge in [-0.3, -0.25) is 5.10 Å². The van der Waals surface area contributed by atoms with E-state index in [-0.39, 0.29) is 0 Å². The second kappa shape index (κ2) is 6.63. The summed E-state index contributed by atoms with van der Waals surface area (Å²) in [6, 6.07) is 30.6. The van der Waals surface area contributed by atoms with Gasteiger partial charge in [-0.05, 0) is 0 Å². The van der Waals surface area contributed by atoms with E-state index in [4.69, 9.17) is 15.2 Å². The average Bonchev–Trinajstić information content (AvgIpc) is 3.15. The number of nitrogens with zero attached hydrogens (tertiary/aromatic N) is 3. The van der Waals surface area contributed by atoms with E-state index < -0.39 is 7.21 Å². The number of hydrogen-bond donors (Lipinski definition) is 2. The number of fused-ring (bicyclic) bond motifs is 1. The number of nitrogen functional groups attached to an aromatic ring is 1. The van der Waals surface area contributed by atoms with Crippen LogP contribution in [0, 0.1) is 0 Å². The van der Waals surface area contributed by atoms with Crippen LogP contribution in [-0.4, -0.2) is 10.2 Å². The number of anilines is 1. The average molecular weight is 383 g/mol. The van der Waals surface area contributed by atoms with Crippen LogP contribution in [0.5, 0.6) is 0 Å². The first-order valence-electron chi connectivity index (χ1n) is 9.01. The molecule has 0 fully saturated rings. The van der Waals surface area contributed by atoms with E-state index >= 15 is 0 Å². The van der Waals surface area contributed by atoms with Gasteiger partial charge in [0.1, 0.15) is 7.21 Å². The summed E-state index contributed by atoms with van der Waals surface area (Å²) in [5.41, 5.74) is 8.71. The Hall–Kier alpha value is -3.43. The molecule has 0 radical (unpaired) electrons. The van der Waals surface area contributed by atoms with Gasteiger partial charge in [-0.15, -0.1) is 0 Å². The molecule has 0 saturated heterocycles. The molecule has 1 aliphatic rings. The van der Waals surface area contributed by atoms with E-state index in [0.29, 0.717) is 11.3 Å². The van der Waals surface area contributed by atoms with E-state index in [2.05, 4.69) is 34.5 Å². The van der Waals surface area contributed by atoms with Crippen molar-refractivity contribution >= 4 is 29.3 Å². The first-order chi connectivity index (χ1) is 13.8. The summed E-state index contributed by atoms with van der Waals surface area (Å²) < 4.78 is 10.5. The molecule has 28 heavy (non-hydrogen) atoms. The van der Waals surface area contributed by atoms with Gasteiger partial charge in [0.2, 0.25) is 0 Å². The highest BCUT2D eigenvalue weighted by molar-refractivity contribution is 7.79. The lowest BCUT2D eigenvalue weighted by Gasteiger charge is -2.24. The van der Waals surface area contributed by atoms with Gasteiger partial charge in [-0.1, -0.05) is 91.0 Å². The number of H-pyrrole nitrogens is 1. The molecule has 2 heterocycles. The summed E-state index contributed by atoms with van der Waals surface area (Å²) in [4.78, 5) is 0. The normalized spacial score (nSPS) is 14.6. The monoisotopic (exact) mass is 383 g/mol. The third-order valence-corrected chi connectivity index (χ3v) is 7.80. The predicted molar refractivity (Wildman–Crippen MR) is 114 cm³/mol. The molecule has 0 spiro atoms. The van der Waals surface area contributed by atoms with Crippen molar-refractivity contribution in [2.75, 3.05) is 5.73 Å². The maximum atomic E-state index is 6.18. The van der Waals surface area contributed by atoms with Crippen LogP contribution in [0.1, 0.15) is 5.56 Å². The Morgan fingerprint density at radius 2 is 1.25 bits per heavy atom. The van der Waals surface area contributed by atoms with Gasteiger partial charge in [0.15, 0.2) is 11.3 Å². The Labute approximate surface area is 162 Å². The van der Waals surface area contributed by atoms with Gasteiger partial charge in [0.05, 0.1) is 10.9 Å². The fraction of sp³-hybridized carbons (Fsp3) is 0. The maximum absolute atomic E-state index is 6.18.